The fraction of sp³-hybridized carbons (Fsp3) is 0.611. The molecule has 0 bridgehead atoms. The van der Waals surface area contributed by atoms with Gasteiger partial charge in [-0.15, -0.1) is 12.4 Å². The lowest BCUT2D eigenvalue weighted by Crippen LogP contribution is -2.41. The summed E-state index contributed by atoms with van der Waals surface area (Å²) < 4.78 is 16.3. The second-order valence-electron chi connectivity index (χ2n) is 6.21. The van der Waals surface area contributed by atoms with E-state index in [2.05, 4.69) is 0 Å². The van der Waals surface area contributed by atoms with Crippen molar-refractivity contribution in [3.8, 4) is 11.5 Å². The van der Waals surface area contributed by atoms with Crippen molar-refractivity contribution in [1.82, 2.24) is 4.90 Å². The van der Waals surface area contributed by atoms with E-state index in [9.17, 15) is 14.9 Å². The zero-order valence-corrected chi connectivity index (χ0v) is 17.0. The summed E-state index contributed by atoms with van der Waals surface area (Å²) in [6.07, 6.45) is 2.28. The van der Waals surface area contributed by atoms with Crippen molar-refractivity contribution in [1.29, 1.82) is 0 Å². The van der Waals surface area contributed by atoms with Crippen LogP contribution >= 0.6 is 12.4 Å². The number of nitrogens with two attached hydrogens (primary N) is 1. The van der Waals surface area contributed by atoms with E-state index in [4.69, 9.17) is 19.9 Å². The molecular weight excluding hydrogens is 390 g/mol. The van der Waals surface area contributed by atoms with Crippen LogP contribution in [-0.2, 0) is 4.74 Å². The molecule has 1 fully saturated rings. The molecule has 0 radical (unpaired) electrons. The van der Waals surface area contributed by atoms with E-state index < -0.39 is 4.92 Å². The number of amides is 1. The second-order valence-corrected chi connectivity index (χ2v) is 6.21. The molecule has 0 aliphatic carbocycles. The molecule has 0 saturated carbocycles. The number of rotatable bonds is 9. The second kappa shape index (κ2) is 11.7. The number of methoxy groups -OCH3 is 1. The molecule has 1 heterocycles. The number of hydrogen-bond donors (Lipinski definition) is 1. The number of nitrogens with zero attached hydrogens (tertiary/aromatic N) is 2. The largest absolute Gasteiger partial charge is 0.493 e. The molecular formula is C18H28ClN3O6. The van der Waals surface area contributed by atoms with Gasteiger partial charge in [-0.2, -0.15) is 0 Å². The molecule has 0 unspecified atom stereocenters. The SMILES string of the molecule is CCOc1cc([N+](=O)[O-])c(C(=O)N2CCC(OCCCN)CC2)cc1OC.Cl. The highest BCUT2D eigenvalue weighted by molar-refractivity contribution is 5.99. The Morgan fingerprint density at radius 2 is 2.00 bits per heavy atom. The minimum atomic E-state index is -0.572. The number of carbonyl (C=O) groups is 1. The van der Waals surface area contributed by atoms with Gasteiger partial charge >= 0.3 is 0 Å². The number of halogens is 1. The summed E-state index contributed by atoms with van der Waals surface area (Å²) in [6.45, 7) is 4.26. The lowest BCUT2D eigenvalue weighted by Gasteiger charge is -2.32. The lowest BCUT2D eigenvalue weighted by molar-refractivity contribution is -0.385. The predicted octanol–water partition coefficient (Wildman–Crippen LogP) is 2.39. The normalized spacial score (nSPS) is 14.3. The molecule has 28 heavy (non-hydrogen) atoms. The number of ether oxygens (including phenoxy) is 3. The van der Waals surface area contributed by atoms with Crippen LogP contribution in [0, 0.1) is 10.1 Å². The van der Waals surface area contributed by atoms with Crippen LogP contribution < -0.4 is 15.2 Å². The molecule has 1 aromatic carbocycles. The monoisotopic (exact) mass is 417 g/mol. The maximum absolute atomic E-state index is 12.9. The molecule has 158 valence electrons. The van der Waals surface area contributed by atoms with Crippen LogP contribution in [0.15, 0.2) is 12.1 Å². The van der Waals surface area contributed by atoms with Gasteiger partial charge < -0.3 is 24.8 Å². The summed E-state index contributed by atoms with van der Waals surface area (Å²) in [6, 6.07) is 2.63. The van der Waals surface area contributed by atoms with Crippen molar-refractivity contribution in [2.24, 2.45) is 5.73 Å². The number of hydrogen-bond acceptors (Lipinski definition) is 7. The predicted molar refractivity (Wildman–Crippen MR) is 107 cm³/mol. The highest BCUT2D eigenvalue weighted by Crippen LogP contribution is 2.35. The van der Waals surface area contributed by atoms with Crippen molar-refractivity contribution in [2.45, 2.75) is 32.3 Å². The number of likely N-dealkylation sites (tertiary alicyclic amines) is 1. The van der Waals surface area contributed by atoms with Gasteiger partial charge in [0.25, 0.3) is 11.6 Å². The zero-order valence-electron chi connectivity index (χ0n) is 16.2. The fourth-order valence-electron chi connectivity index (χ4n) is 3.03. The Hall–Kier alpha value is -2.10. The van der Waals surface area contributed by atoms with E-state index in [1.165, 1.54) is 19.2 Å². The molecule has 0 spiro atoms. The smallest absolute Gasteiger partial charge is 0.286 e. The molecule has 1 saturated heterocycles. The molecule has 1 aliphatic rings. The molecule has 0 atom stereocenters. The van der Waals surface area contributed by atoms with Gasteiger partial charge in [-0.25, -0.2) is 0 Å². The van der Waals surface area contributed by atoms with Crippen molar-refractivity contribution in [3.05, 3.63) is 27.8 Å². The summed E-state index contributed by atoms with van der Waals surface area (Å²) in [7, 11) is 1.43. The number of nitro benzene ring substituents is 1. The first-order valence-corrected chi connectivity index (χ1v) is 9.12. The van der Waals surface area contributed by atoms with Crippen molar-refractivity contribution < 1.29 is 23.9 Å². The maximum Gasteiger partial charge on any atom is 0.286 e. The highest BCUT2D eigenvalue weighted by Gasteiger charge is 2.30. The van der Waals surface area contributed by atoms with Crippen LogP contribution in [0.1, 0.15) is 36.5 Å². The van der Waals surface area contributed by atoms with E-state index in [1.807, 2.05) is 0 Å². The van der Waals surface area contributed by atoms with Crippen molar-refractivity contribution >= 4 is 24.0 Å². The Bertz CT molecular complexity index is 665. The van der Waals surface area contributed by atoms with Gasteiger partial charge in [-0.3, -0.25) is 14.9 Å². The zero-order chi connectivity index (χ0) is 19.8. The molecule has 0 aromatic heterocycles. The Kier molecular flexibility index (Phi) is 9.98. The van der Waals surface area contributed by atoms with Crippen LogP contribution in [-0.4, -0.2) is 61.8 Å². The van der Waals surface area contributed by atoms with Crippen molar-refractivity contribution in [2.75, 3.05) is 40.0 Å². The summed E-state index contributed by atoms with van der Waals surface area (Å²) in [5, 5.41) is 11.5. The van der Waals surface area contributed by atoms with E-state index in [-0.39, 0.29) is 41.4 Å². The Labute approximate surface area is 170 Å². The van der Waals surface area contributed by atoms with Crippen LogP contribution in [0.4, 0.5) is 5.69 Å². The maximum atomic E-state index is 12.9. The van der Waals surface area contributed by atoms with Gasteiger partial charge in [0.05, 0.1) is 30.8 Å². The minimum Gasteiger partial charge on any atom is -0.493 e. The molecule has 1 amide bonds. The average molecular weight is 418 g/mol. The van der Waals surface area contributed by atoms with Gasteiger partial charge in [0.1, 0.15) is 5.56 Å². The van der Waals surface area contributed by atoms with Crippen LogP contribution in [0.3, 0.4) is 0 Å². The average Bonchev–Trinajstić information content (AvgIpc) is 2.68. The van der Waals surface area contributed by atoms with Gasteiger partial charge in [-0.05, 0) is 32.7 Å². The van der Waals surface area contributed by atoms with Gasteiger partial charge in [0, 0.05) is 25.8 Å². The van der Waals surface area contributed by atoms with Crippen LogP contribution in [0.5, 0.6) is 11.5 Å². The van der Waals surface area contributed by atoms with E-state index in [0.29, 0.717) is 51.4 Å². The Morgan fingerprint density at radius 3 is 2.54 bits per heavy atom. The molecule has 10 heteroatoms. The fourth-order valence-corrected chi connectivity index (χ4v) is 3.03. The van der Waals surface area contributed by atoms with Crippen molar-refractivity contribution in [3.63, 3.8) is 0 Å². The first-order valence-electron chi connectivity index (χ1n) is 9.12. The lowest BCUT2D eigenvalue weighted by atomic mass is 10.0. The summed E-state index contributed by atoms with van der Waals surface area (Å²) in [5.74, 6) is 0.157. The molecule has 2 N–H and O–H groups in total. The number of nitro groups is 1. The number of piperidine rings is 1. The van der Waals surface area contributed by atoms with Gasteiger partial charge in [-0.1, -0.05) is 0 Å². The third-order valence-electron chi connectivity index (χ3n) is 4.44. The standard InChI is InChI=1S/C18H27N3O6.ClH/c1-3-26-17-12-15(21(23)24)14(11-16(17)25-2)18(22)20-8-5-13(6-9-20)27-10-4-7-19;/h11-13H,3-10,19H2,1-2H3;1H. The quantitative estimate of drug-likeness (QED) is 0.372. The Morgan fingerprint density at radius 1 is 1.32 bits per heavy atom. The molecule has 2 rings (SSSR count). The van der Waals surface area contributed by atoms with Crippen LogP contribution in [0.25, 0.3) is 0 Å². The third kappa shape index (κ3) is 5.95. The van der Waals surface area contributed by atoms with E-state index >= 15 is 0 Å². The molecule has 9 nitrogen and oxygen atoms in total. The first kappa shape index (κ1) is 23.9. The van der Waals surface area contributed by atoms with Gasteiger partial charge in [0.15, 0.2) is 11.5 Å². The molecule has 1 aromatic rings. The first-order chi connectivity index (χ1) is 13.0. The minimum absolute atomic E-state index is 0. The molecule has 1 aliphatic heterocycles. The number of benzene rings is 1. The number of carbonyl (C=O) groups excluding carboxylic acids is 1. The highest BCUT2D eigenvalue weighted by atomic mass is 35.5. The summed E-state index contributed by atoms with van der Waals surface area (Å²) in [4.78, 5) is 25.4. The Balaban J connectivity index is 0.00000392. The topological polar surface area (TPSA) is 117 Å². The van der Waals surface area contributed by atoms with E-state index in [0.717, 1.165) is 6.42 Å². The van der Waals surface area contributed by atoms with Gasteiger partial charge in [0.2, 0.25) is 0 Å². The van der Waals surface area contributed by atoms with E-state index in [1.54, 1.807) is 11.8 Å². The summed E-state index contributed by atoms with van der Waals surface area (Å²) >= 11 is 0. The summed E-state index contributed by atoms with van der Waals surface area (Å²) in [5.41, 5.74) is 5.17. The third-order valence-corrected chi connectivity index (χ3v) is 4.44. The van der Waals surface area contributed by atoms with Crippen LogP contribution in [0.2, 0.25) is 0 Å².